The van der Waals surface area contributed by atoms with Gasteiger partial charge in [0.15, 0.2) is 0 Å². The van der Waals surface area contributed by atoms with Crippen molar-refractivity contribution in [3.8, 4) is 5.75 Å². The van der Waals surface area contributed by atoms with Gasteiger partial charge in [0.25, 0.3) is 11.8 Å². The predicted octanol–water partition coefficient (Wildman–Crippen LogP) is 3.47. The van der Waals surface area contributed by atoms with Crippen molar-refractivity contribution in [2.24, 2.45) is 5.92 Å². The number of hydrogen-bond donors (Lipinski definition) is 2. The number of methoxy groups -OCH3 is 1. The average Bonchev–Trinajstić information content (AvgIpc) is 3.61. The Labute approximate surface area is 194 Å². The molecule has 1 aromatic carbocycles. The number of benzene rings is 1. The lowest BCUT2D eigenvalue weighted by molar-refractivity contribution is 0.0923. The van der Waals surface area contributed by atoms with Crippen LogP contribution in [0.15, 0.2) is 36.5 Å². The van der Waals surface area contributed by atoms with Crippen LogP contribution in [0.4, 0.5) is 5.82 Å². The molecule has 2 bridgehead atoms. The molecule has 1 aromatic heterocycles. The van der Waals surface area contributed by atoms with Crippen LogP contribution in [0, 0.1) is 12.8 Å². The van der Waals surface area contributed by atoms with E-state index in [0.29, 0.717) is 29.1 Å². The molecule has 33 heavy (non-hydrogen) atoms. The van der Waals surface area contributed by atoms with Crippen molar-refractivity contribution >= 4 is 17.6 Å². The normalized spacial score (nSPS) is 23.8. The third-order valence-electron chi connectivity index (χ3n) is 7.34. The van der Waals surface area contributed by atoms with Crippen LogP contribution in [0.2, 0.25) is 0 Å². The summed E-state index contributed by atoms with van der Waals surface area (Å²) in [6, 6.07) is 10.3. The molecule has 2 saturated heterocycles. The summed E-state index contributed by atoms with van der Waals surface area (Å²) in [5.41, 5.74) is 2.15. The topological polar surface area (TPSA) is 83.6 Å². The highest BCUT2D eigenvalue weighted by atomic mass is 16.5. The highest BCUT2D eigenvalue weighted by molar-refractivity contribution is 5.96. The van der Waals surface area contributed by atoms with Gasteiger partial charge < -0.3 is 20.3 Å². The number of aromatic nitrogens is 1. The van der Waals surface area contributed by atoms with Crippen LogP contribution >= 0.6 is 0 Å². The second-order valence-corrected chi connectivity index (χ2v) is 9.63. The monoisotopic (exact) mass is 448 g/mol. The maximum Gasteiger partial charge on any atom is 0.252 e. The molecule has 2 amide bonds. The van der Waals surface area contributed by atoms with Crippen molar-refractivity contribution in [1.29, 1.82) is 0 Å². The third-order valence-corrected chi connectivity index (χ3v) is 7.34. The van der Waals surface area contributed by atoms with Crippen molar-refractivity contribution in [3.63, 3.8) is 0 Å². The number of rotatable bonds is 7. The van der Waals surface area contributed by atoms with Gasteiger partial charge in [-0.3, -0.25) is 9.59 Å². The van der Waals surface area contributed by atoms with Crippen LogP contribution in [0.5, 0.6) is 5.75 Å². The Kier molecular flexibility index (Phi) is 5.96. The van der Waals surface area contributed by atoms with E-state index in [1.807, 2.05) is 37.3 Å². The van der Waals surface area contributed by atoms with Gasteiger partial charge in [0.05, 0.1) is 12.7 Å². The molecular weight excluding hydrogens is 416 g/mol. The molecule has 2 aliphatic heterocycles. The number of nitrogens with zero attached hydrogens (tertiary/aromatic N) is 2. The highest BCUT2D eigenvalue weighted by Crippen LogP contribution is 2.38. The lowest BCUT2D eigenvalue weighted by atomic mass is 9.96. The number of nitrogens with one attached hydrogen (secondary N) is 2. The Hall–Kier alpha value is -3.09. The first-order valence-corrected chi connectivity index (χ1v) is 12.0. The molecule has 7 heteroatoms. The Morgan fingerprint density at radius 2 is 1.82 bits per heavy atom. The minimum absolute atomic E-state index is 0.0380. The number of fused-ring (bicyclic) bond motifs is 2. The van der Waals surface area contributed by atoms with E-state index >= 15 is 0 Å². The number of amides is 2. The standard InChI is InChI=1S/C26H32N4O3/c1-16-22(4-3-5-23(16)33-2)26(32)29-19-12-20-9-10-21(13-19)30(20)24-11-8-18(15-27-24)25(31)28-14-17-6-7-17/h3-5,8,11,15,17,19-21H,6-7,9-10,12-14H2,1-2H3,(H,28,31)(H,29,32). The van der Waals surface area contributed by atoms with Gasteiger partial charge in [0, 0.05) is 42.0 Å². The largest absolute Gasteiger partial charge is 0.496 e. The molecule has 2 aromatic rings. The summed E-state index contributed by atoms with van der Waals surface area (Å²) in [7, 11) is 1.62. The van der Waals surface area contributed by atoms with Crippen molar-refractivity contribution in [3.05, 3.63) is 53.2 Å². The number of hydrogen-bond acceptors (Lipinski definition) is 5. The highest BCUT2D eigenvalue weighted by Gasteiger charge is 2.42. The van der Waals surface area contributed by atoms with E-state index in [4.69, 9.17) is 4.74 Å². The zero-order chi connectivity index (χ0) is 22.9. The van der Waals surface area contributed by atoms with Crippen LogP contribution in [-0.2, 0) is 0 Å². The fourth-order valence-electron chi connectivity index (χ4n) is 5.35. The van der Waals surface area contributed by atoms with Crippen molar-refractivity contribution in [2.75, 3.05) is 18.6 Å². The lowest BCUT2D eigenvalue weighted by Gasteiger charge is -2.40. The first-order chi connectivity index (χ1) is 16.0. The number of carbonyl (C=O) groups is 2. The van der Waals surface area contributed by atoms with Crippen LogP contribution in [0.3, 0.4) is 0 Å². The van der Waals surface area contributed by atoms with Gasteiger partial charge in [0.1, 0.15) is 11.6 Å². The van der Waals surface area contributed by atoms with Gasteiger partial charge in [-0.25, -0.2) is 4.98 Å². The molecule has 1 aliphatic carbocycles. The van der Waals surface area contributed by atoms with E-state index in [1.54, 1.807) is 13.3 Å². The van der Waals surface area contributed by atoms with E-state index in [-0.39, 0.29) is 17.9 Å². The maximum absolute atomic E-state index is 13.0. The summed E-state index contributed by atoms with van der Waals surface area (Å²) in [5, 5.41) is 6.26. The van der Waals surface area contributed by atoms with Crippen molar-refractivity contribution in [2.45, 2.75) is 63.6 Å². The van der Waals surface area contributed by atoms with E-state index in [9.17, 15) is 9.59 Å². The molecule has 3 heterocycles. The zero-order valence-corrected chi connectivity index (χ0v) is 19.3. The molecule has 5 rings (SSSR count). The molecule has 174 valence electrons. The number of ether oxygens (including phenoxy) is 1. The average molecular weight is 449 g/mol. The number of anilines is 1. The lowest BCUT2D eigenvalue weighted by Crippen LogP contribution is -2.50. The van der Waals surface area contributed by atoms with Gasteiger partial charge >= 0.3 is 0 Å². The third kappa shape index (κ3) is 4.54. The minimum Gasteiger partial charge on any atom is -0.496 e. The fraction of sp³-hybridized carbons (Fsp3) is 0.500. The van der Waals surface area contributed by atoms with Crippen molar-refractivity contribution in [1.82, 2.24) is 15.6 Å². The van der Waals surface area contributed by atoms with Crippen molar-refractivity contribution < 1.29 is 14.3 Å². The van der Waals surface area contributed by atoms with Gasteiger partial charge in [-0.15, -0.1) is 0 Å². The molecule has 2 N–H and O–H groups in total. The van der Waals surface area contributed by atoms with Crippen LogP contribution in [0.1, 0.15) is 64.8 Å². The molecule has 2 unspecified atom stereocenters. The van der Waals surface area contributed by atoms with E-state index < -0.39 is 0 Å². The summed E-state index contributed by atoms with van der Waals surface area (Å²) in [5.74, 6) is 2.23. The minimum atomic E-state index is -0.0434. The van der Waals surface area contributed by atoms with E-state index in [2.05, 4.69) is 20.5 Å². The molecule has 2 atom stereocenters. The van der Waals surface area contributed by atoms with Gasteiger partial charge in [-0.05, 0) is 75.6 Å². The van der Waals surface area contributed by atoms with Crippen LogP contribution in [0.25, 0.3) is 0 Å². The van der Waals surface area contributed by atoms with Crippen LogP contribution < -0.4 is 20.3 Å². The number of carbonyl (C=O) groups excluding carboxylic acids is 2. The molecule has 0 radical (unpaired) electrons. The Morgan fingerprint density at radius 3 is 2.45 bits per heavy atom. The Morgan fingerprint density at radius 1 is 1.06 bits per heavy atom. The molecule has 0 spiro atoms. The summed E-state index contributed by atoms with van der Waals surface area (Å²) in [6.07, 6.45) is 8.12. The molecular formula is C26H32N4O3. The molecule has 7 nitrogen and oxygen atoms in total. The summed E-state index contributed by atoms with van der Waals surface area (Å²) in [6.45, 7) is 2.68. The van der Waals surface area contributed by atoms with Gasteiger partial charge in [-0.2, -0.15) is 0 Å². The molecule has 3 aliphatic rings. The first kappa shape index (κ1) is 21.7. The fourth-order valence-corrected chi connectivity index (χ4v) is 5.35. The van der Waals surface area contributed by atoms with E-state index in [0.717, 1.165) is 49.4 Å². The molecule has 3 fully saturated rings. The SMILES string of the molecule is COc1cccc(C(=O)NC2CC3CCC(C2)N3c2ccc(C(=O)NCC3CC3)cn2)c1C. The zero-order valence-electron chi connectivity index (χ0n) is 19.3. The maximum atomic E-state index is 13.0. The Balaban J connectivity index is 1.21. The second kappa shape index (κ2) is 9.04. The van der Waals surface area contributed by atoms with E-state index in [1.165, 1.54) is 12.8 Å². The summed E-state index contributed by atoms with van der Waals surface area (Å²) in [4.78, 5) is 32.3. The van der Waals surface area contributed by atoms with Gasteiger partial charge in [0.2, 0.25) is 0 Å². The summed E-state index contributed by atoms with van der Waals surface area (Å²) < 4.78 is 5.36. The first-order valence-electron chi connectivity index (χ1n) is 12.0. The quantitative estimate of drug-likeness (QED) is 0.678. The smallest absolute Gasteiger partial charge is 0.252 e. The van der Waals surface area contributed by atoms with Gasteiger partial charge in [-0.1, -0.05) is 6.07 Å². The predicted molar refractivity (Wildman–Crippen MR) is 127 cm³/mol. The Bertz CT molecular complexity index is 1020. The summed E-state index contributed by atoms with van der Waals surface area (Å²) >= 11 is 0. The molecule has 1 saturated carbocycles. The second-order valence-electron chi connectivity index (χ2n) is 9.63. The van der Waals surface area contributed by atoms with Crippen LogP contribution in [-0.4, -0.2) is 48.6 Å². The number of piperidine rings is 1. The number of pyridine rings is 1.